The average molecular weight is 218 g/mol. The topological polar surface area (TPSA) is 32.3 Å². The van der Waals surface area contributed by atoms with Crippen LogP contribution in [0.25, 0.3) is 0 Å². The predicted molar refractivity (Wildman–Crippen MR) is 49.0 cm³/mol. The second-order valence-corrected chi connectivity index (χ2v) is 3.07. The molecule has 0 saturated carbocycles. The second kappa shape index (κ2) is 4.20. The molecule has 2 amide bonds. The fraction of sp³-hybridized carbons (Fsp3) is 0.222. The Bertz CT molecular complexity index is 370. The third kappa shape index (κ3) is 2.61. The van der Waals surface area contributed by atoms with E-state index in [1.165, 1.54) is 14.1 Å². The van der Waals surface area contributed by atoms with Gasteiger partial charge in [0, 0.05) is 26.2 Å². The number of halogens is 3. The molecule has 0 spiro atoms. The number of benzene rings is 1. The Morgan fingerprint density at radius 2 is 1.67 bits per heavy atom. The number of hydrogen-bond acceptors (Lipinski definition) is 1. The molecule has 0 saturated heterocycles. The number of carbonyl (C=O) groups is 1. The summed E-state index contributed by atoms with van der Waals surface area (Å²) in [7, 11) is 2.82. The first kappa shape index (κ1) is 11.4. The zero-order valence-electron chi connectivity index (χ0n) is 8.14. The van der Waals surface area contributed by atoms with Crippen molar-refractivity contribution in [1.29, 1.82) is 0 Å². The maximum atomic E-state index is 13.0. The Morgan fingerprint density at radius 3 is 2.07 bits per heavy atom. The summed E-state index contributed by atoms with van der Waals surface area (Å²) < 4.78 is 38.5. The van der Waals surface area contributed by atoms with E-state index in [4.69, 9.17) is 0 Å². The van der Waals surface area contributed by atoms with E-state index in [9.17, 15) is 18.0 Å². The molecule has 0 aliphatic carbocycles. The molecule has 0 atom stereocenters. The van der Waals surface area contributed by atoms with Gasteiger partial charge in [-0.3, -0.25) is 0 Å². The molecule has 1 N–H and O–H groups in total. The molecular formula is C9H9F3N2O. The molecule has 0 bridgehead atoms. The summed E-state index contributed by atoms with van der Waals surface area (Å²) in [6, 6.07) is 0.294. The number of rotatable bonds is 1. The van der Waals surface area contributed by atoms with E-state index in [-0.39, 0.29) is 0 Å². The van der Waals surface area contributed by atoms with Crippen LogP contribution in [0.4, 0.5) is 23.7 Å². The third-order valence-electron chi connectivity index (χ3n) is 1.64. The van der Waals surface area contributed by atoms with Crippen molar-refractivity contribution in [1.82, 2.24) is 4.90 Å². The summed E-state index contributed by atoms with van der Waals surface area (Å²) >= 11 is 0. The van der Waals surface area contributed by atoms with E-state index in [0.29, 0.717) is 12.1 Å². The van der Waals surface area contributed by atoms with E-state index >= 15 is 0 Å². The van der Waals surface area contributed by atoms with Crippen LogP contribution in [0.15, 0.2) is 12.1 Å². The predicted octanol–water partition coefficient (Wildman–Crippen LogP) is 2.20. The highest BCUT2D eigenvalue weighted by Crippen LogP contribution is 2.20. The van der Waals surface area contributed by atoms with E-state index in [0.717, 1.165) is 4.90 Å². The van der Waals surface area contributed by atoms with Gasteiger partial charge in [-0.15, -0.1) is 0 Å². The molecule has 0 unspecified atom stereocenters. The Morgan fingerprint density at radius 1 is 1.20 bits per heavy atom. The number of nitrogens with zero attached hydrogens (tertiary/aromatic N) is 1. The van der Waals surface area contributed by atoms with Crippen molar-refractivity contribution in [3.05, 3.63) is 29.6 Å². The zero-order chi connectivity index (χ0) is 11.6. The van der Waals surface area contributed by atoms with Gasteiger partial charge in [0.05, 0.1) is 0 Å². The molecule has 0 radical (unpaired) electrons. The summed E-state index contributed by atoms with van der Waals surface area (Å²) in [4.78, 5) is 12.2. The molecule has 6 heteroatoms. The van der Waals surface area contributed by atoms with Gasteiger partial charge in [-0.05, 0) is 0 Å². The molecule has 1 rings (SSSR count). The van der Waals surface area contributed by atoms with Crippen LogP contribution in [0.2, 0.25) is 0 Å². The lowest BCUT2D eigenvalue weighted by Crippen LogP contribution is -2.28. The van der Waals surface area contributed by atoms with Gasteiger partial charge >= 0.3 is 6.03 Å². The minimum absolute atomic E-state index is 0.494. The van der Waals surface area contributed by atoms with E-state index in [1.807, 2.05) is 5.32 Å². The van der Waals surface area contributed by atoms with Gasteiger partial charge in [-0.1, -0.05) is 0 Å². The van der Waals surface area contributed by atoms with Crippen LogP contribution in [0, 0.1) is 17.5 Å². The van der Waals surface area contributed by atoms with Gasteiger partial charge in [-0.2, -0.15) is 0 Å². The van der Waals surface area contributed by atoms with Crippen molar-refractivity contribution in [3.8, 4) is 0 Å². The zero-order valence-corrected chi connectivity index (χ0v) is 8.14. The highest BCUT2D eigenvalue weighted by molar-refractivity contribution is 5.89. The lowest BCUT2D eigenvalue weighted by Gasteiger charge is -2.12. The lowest BCUT2D eigenvalue weighted by molar-refractivity contribution is 0.230. The Balaban J connectivity index is 3.00. The molecule has 0 aromatic heterocycles. The van der Waals surface area contributed by atoms with Crippen LogP contribution in [0.5, 0.6) is 0 Å². The van der Waals surface area contributed by atoms with Crippen LogP contribution in [-0.4, -0.2) is 25.0 Å². The normalized spacial score (nSPS) is 9.93. The van der Waals surface area contributed by atoms with Gasteiger partial charge in [0.15, 0.2) is 11.6 Å². The fourth-order valence-corrected chi connectivity index (χ4v) is 0.880. The monoisotopic (exact) mass is 218 g/mol. The van der Waals surface area contributed by atoms with Gasteiger partial charge < -0.3 is 10.2 Å². The van der Waals surface area contributed by atoms with Gasteiger partial charge in [-0.25, -0.2) is 18.0 Å². The Kier molecular flexibility index (Phi) is 3.18. The van der Waals surface area contributed by atoms with Gasteiger partial charge in [0.2, 0.25) is 0 Å². The maximum Gasteiger partial charge on any atom is 0.321 e. The van der Waals surface area contributed by atoms with Crippen LogP contribution in [-0.2, 0) is 0 Å². The summed E-state index contributed by atoms with van der Waals surface area (Å²) in [6.07, 6.45) is 0. The second-order valence-electron chi connectivity index (χ2n) is 3.07. The molecule has 1 aromatic carbocycles. The van der Waals surface area contributed by atoms with Crippen molar-refractivity contribution < 1.29 is 18.0 Å². The van der Waals surface area contributed by atoms with Crippen LogP contribution >= 0.6 is 0 Å². The molecular weight excluding hydrogens is 209 g/mol. The number of amides is 2. The van der Waals surface area contributed by atoms with Crippen molar-refractivity contribution in [2.75, 3.05) is 19.4 Å². The van der Waals surface area contributed by atoms with Gasteiger partial charge in [0.25, 0.3) is 0 Å². The summed E-state index contributed by atoms with van der Waals surface area (Å²) in [5, 5.41) is 1.98. The number of hydrogen-bond donors (Lipinski definition) is 1. The first-order valence-electron chi connectivity index (χ1n) is 4.04. The molecule has 3 nitrogen and oxygen atoms in total. The van der Waals surface area contributed by atoms with Crippen molar-refractivity contribution >= 4 is 11.7 Å². The average Bonchev–Trinajstić information content (AvgIpc) is 2.10. The minimum Gasteiger partial charge on any atom is -0.331 e. The number of nitrogens with one attached hydrogen (secondary N) is 1. The summed E-state index contributed by atoms with van der Waals surface area (Å²) in [5.74, 6) is -3.33. The number of carbonyl (C=O) groups excluding carboxylic acids is 1. The third-order valence-corrected chi connectivity index (χ3v) is 1.64. The molecule has 1 aromatic rings. The SMILES string of the molecule is CN(C)C(=O)Nc1c(F)cc(F)cc1F. The van der Waals surface area contributed by atoms with Crippen molar-refractivity contribution in [2.24, 2.45) is 0 Å². The first-order valence-corrected chi connectivity index (χ1v) is 4.04. The highest BCUT2D eigenvalue weighted by atomic mass is 19.1. The summed E-state index contributed by atoms with van der Waals surface area (Å²) in [5.41, 5.74) is -0.657. The lowest BCUT2D eigenvalue weighted by atomic mass is 10.3. The number of anilines is 1. The maximum absolute atomic E-state index is 13.0. The van der Waals surface area contributed by atoms with Crippen molar-refractivity contribution in [2.45, 2.75) is 0 Å². The smallest absolute Gasteiger partial charge is 0.321 e. The Hall–Kier alpha value is -1.72. The van der Waals surface area contributed by atoms with Gasteiger partial charge in [0.1, 0.15) is 11.5 Å². The van der Waals surface area contributed by atoms with Crippen molar-refractivity contribution in [3.63, 3.8) is 0 Å². The fourth-order valence-electron chi connectivity index (χ4n) is 0.880. The molecule has 0 fully saturated rings. The van der Waals surface area contributed by atoms with E-state index in [1.54, 1.807) is 0 Å². The van der Waals surface area contributed by atoms with Crippen LogP contribution in [0.3, 0.4) is 0 Å². The number of urea groups is 1. The van der Waals surface area contributed by atoms with Crippen LogP contribution in [0.1, 0.15) is 0 Å². The van der Waals surface area contributed by atoms with E-state index < -0.39 is 29.2 Å². The summed E-state index contributed by atoms with van der Waals surface area (Å²) in [6.45, 7) is 0. The quantitative estimate of drug-likeness (QED) is 0.769. The molecule has 15 heavy (non-hydrogen) atoms. The molecule has 0 aliphatic heterocycles. The molecule has 0 aliphatic rings. The largest absolute Gasteiger partial charge is 0.331 e. The standard InChI is InChI=1S/C9H9F3N2O/c1-14(2)9(15)13-8-6(11)3-5(10)4-7(8)12/h3-4H,1-2H3,(H,13,15). The highest BCUT2D eigenvalue weighted by Gasteiger charge is 2.14. The minimum atomic E-state index is -1.15. The first-order chi connectivity index (χ1) is 6.91. The van der Waals surface area contributed by atoms with E-state index in [2.05, 4.69) is 0 Å². The Labute approximate surface area is 84.5 Å². The molecule has 0 heterocycles. The van der Waals surface area contributed by atoms with Crippen LogP contribution < -0.4 is 5.32 Å². The molecule has 82 valence electrons.